The normalized spacial score (nSPS) is 11.8. The Labute approximate surface area is 114 Å². The van der Waals surface area contributed by atoms with Crippen LogP contribution in [0.4, 0.5) is 5.00 Å². The summed E-state index contributed by atoms with van der Waals surface area (Å²) in [7, 11) is 0. The molecule has 0 bridgehead atoms. The summed E-state index contributed by atoms with van der Waals surface area (Å²) >= 11 is 1.34. The maximum atomic E-state index is 12.5. The van der Waals surface area contributed by atoms with Crippen LogP contribution >= 0.6 is 11.3 Å². The number of carboxylic acid groups (broad SMARTS) is 1. The van der Waals surface area contributed by atoms with Crippen LogP contribution < -0.4 is 4.90 Å². The number of amides is 1. The average molecular weight is 275 g/mol. The van der Waals surface area contributed by atoms with Gasteiger partial charge in [-0.2, -0.15) is 0 Å². The molecule has 1 heterocycles. The third kappa shape index (κ3) is 2.82. The van der Waals surface area contributed by atoms with Crippen molar-refractivity contribution >= 4 is 28.2 Å². The zero-order valence-electron chi connectivity index (χ0n) is 10.3. The molecule has 4 nitrogen and oxygen atoms in total. The molecule has 1 aromatic heterocycles. The van der Waals surface area contributed by atoms with Crippen LogP contribution in [0.2, 0.25) is 0 Å². The van der Waals surface area contributed by atoms with Crippen molar-refractivity contribution in [3.63, 3.8) is 0 Å². The molecule has 0 fully saturated rings. The Hall–Kier alpha value is -2.14. The fourth-order valence-corrected chi connectivity index (χ4v) is 2.51. The lowest BCUT2D eigenvalue weighted by molar-refractivity contribution is -0.138. The second-order valence-electron chi connectivity index (χ2n) is 4.01. The Morgan fingerprint density at radius 2 is 1.84 bits per heavy atom. The molecule has 0 aliphatic carbocycles. The van der Waals surface area contributed by atoms with E-state index in [1.165, 1.54) is 23.2 Å². The van der Waals surface area contributed by atoms with Gasteiger partial charge in [-0.15, -0.1) is 11.3 Å². The van der Waals surface area contributed by atoms with E-state index in [1.54, 1.807) is 36.4 Å². The first-order chi connectivity index (χ1) is 9.11. The van der Waals surface area contributed by atoms with E-state index in [-0.39, 0.29) is 5.91 Å². The van der Waals surface area contributed by atoms with Gasteiger partial charge < -0.3 is 5.11 Å². The van der Waals surface area contributed by atoms with E-state index >= 15 is 0 Å². The molecule has 98 valence electrons. The number of benzene rings is 1. The first kappa shape index (κ1) is 13.3. The number of nitrogens with zero attached hydrogens (tertiary/aromatic N) is 1. The number of carboxylic acids is 1. The van der Waals surface area contributed by atoms with E-state index in [4.69, 9.17) is 5.11 Å². The minimum Gasteiger partial charge on any atom is -0.480 e. The van der Waals surface area contributed by atoms with E-state index < -0.39 is 12.0 Å². The van der Waals surface area contributed by atoms with Crippen molar-refractivity contribution in [2.24, 2.45) is 0 Å². The van der Waals surface area contributed by atoms with Gasteiger partial charge in [0, 0.05) is 5.56 Å². The highest BCUT2D eigenvalue weighted by Gasteiger charge is 2.28. The Bertz CT molecular complexity index is 566. The van der Waals surface area contributed by atoms with Crippen LogP contribution in [0.5, 0.6) is 0 Å². The third-order valence-electron chi connectivity index (χ3n) is 2.73. The Kier molecular flexibility index (Phi) is 3.97. The summed E-state index contributed by atoms with van der Waals surface area (Å²) in [6.07, 6.45) is 0. The van der Waals surface area contributed by atoms with Crippen molar-refractivity contribution in [1.82, 2.24) is 0 Å². The molecule has 1 aromatic carbocycles. The summed E-state index contributed by atoms with van der Waals surface area (Å²) in [6, 6.07) is 11.3. The van der Waals surface area contributed by atoms with E-state index in [2.05, 4.69) is 0 Å². The molecule has 1 amide bonds. The first-order valence-electron chi connectivity index (χ1n) is 5.76. The van der Waals surface area contributed by atoms with Crippen molar-refractivity contribution < 1.29 is 14.7 Å². The summed E-state index contributed by atoms with van der Waals surface area (Å²) < 4.78 is 0. The van der Waals surface area contributed by atoms with Crippen molar-refractivity contribution in [3.8, 4) is 0 Å². The largest absolute Gasteiger partial charge is 0.480 e. The molecule has 0 aliphatic rings. The Balaban J connectivity index is 2.39. The van der Waals surface area contributed by atoms with E-state index in [1.807, 2.05) is 11.4 Å². The van der Waals surface area contributed by atoms with Gasteiger partial charge in [-0.05, 0) is 36.6 Å². The van der Waals surface area contributed by atoms with Gasteiger partial charge in [-0.25, -0.2) is 4.79 Å². The zero-order valence-corrected chi connectivity index (χ0v) is 11.1. The van der Waals surface area contributed by atoms with Crippen LogP contribution in [-0.2, 0) is 4.79 Å². The number of hydrogen-bond acceptors (Lipinski definition) is 3. The van der Waals surface area contributed by atoms with Crippen LogP contribution in [0, 0.1) is 0 Å². The first-order valence-corrected chi connectivity index (χ1v) is 6.64. The summed E-state index contributed by atoms with van der Waals surface area (Å²) in [5, 5.41) is 11.6. The van der Waals surface area contributed by atoms with E-state index in [0.717, 1.165) is 0 Å². The number of rotatable bonds is 4. The van der Waals surface area contributed by atoms with Gasteiger partial charge in [0.1, 0.15) is 6.04 Å². The molecule has 0 radical (unpaired) electrons. The second kappa shape index (κ2) is 5.67. The van der Waals surface area contributed by atoms with E-state index in [9.17, 15) is 9.59 Å². The van der Waals surface area contributed by atoms with Crippen molar-refractivity contribution in [3.05, 3.63) is 53.4 Å². The predicted molar refractivity (Wildman–Crippen MR) is 74.7 cm³/mol. The average Bonchev–Trinajstić information content (AvgIpc) is 2.93. The highest BCUT2D eigenvalue weighted by Crippen LogP contribution is 2.25. The van der Waals surface area contributed by atoms with E-state index in [0.29, 0.717) is 10.6 Å². The fraction of sp³-hybridized carbons (Fsp3) is 0.143. The minimum atomic E-state index is -1.03. The summed E-state index contributed by atoms with van der Waals surface area (Å²) in [5.74, 6) is -1.34. The number of thiophene rings is 1. The van der Waals surface area contributed by atoms with Gasteiger partial charge in [0.05, 0.1) is 5.00 Å². The van der Waals surface area contributed by atoms with Crippen LogP contribution in [-0.4, -0.2) is 23.0 Å². The molecule has 0 saturated carbocycles. The topological polar surface area (TPSA) is 57.6 Å². The highest BCUT2D eigenvalue weighted by atomic mass is 32.1. The number of carbonyl (C=O) groups is 2. The lowest BCUT2D eigenvalue weighted by Gasteiger charge is -2.25. The number of aliphatic carboxylic acids is 1. The molecule has 0 spiro atoms. The lowest BCUT2D eigenvalue weighted by atomic mass is 10.1. The summed E-state index contributed by atoms with van der Waals surface area (Å²) in [5.41, 5.74) is 0.476. The zero-order chi connectivity index (χ0) is 13.8. The molecular weight excluding hydrogens is 262 g/mol. The van der Waals surface area contributed by atoms with Gasteiger partial charge in [-0.3, -0.25) is 9.69 Å². The molecule has 1 unspecified atom stereocenters. The predicted octanol–water partition coefficient (Wildman–Crippen LogP) is 2.87. The molecule has 1 atom stereocenters. The van der Waals surface area contributed by atoms with Gasteiger partial charge in [0.25, 0.3) is 5.91 Å². The summed E-state index contributed by atoms with van der Waals surface area (Å²) in [6.45, 7) is 1.50. The second-order valence-corrected chi connectivity index (χ2v) is 4.93. The van der Waals surface area contributed by atoms with Gasteiger partial charge in [0.2, 0.25) is 0 Å². The lowest BCUT2D eigenvalue weighted by Crippen LogP contribution is -2.43. The molecule has 2 rings (SSSR count). The molecular formula is C14H13NO3S. The molecule has 19 heavy (non-hydrogen) atoms. The monoisotopic (exact) mass is 275 g/mol. The van der Waals surface area contributed by atoms with Gasteiger partial charge >= 0.3 is 5.97 Å². The Morgan fingerprint density at radius 1 is 1.16 bits per heavy atom. The van der Waals surface area contributed by atoms with Crippen LogP contribution in [0.3, 0.4) is 0 Å². The maximum Gasteiger partial charge on any atom is 0.326 e. The van der Waals surface area contributed by atoms with Gasteiger partial charge in [0.15, 0.2) is 0 Å². The van der Waals surface area contributed by atoms with Crippen molar-refractivity contribution in [2.75, 3.05) is 4.90 Å². The highest BCUT2D eigenvalue weighted by molar-refractivity contribution is 7.14. The van der Waals surface area contributed by atoms with Crippen molar-refractivity contribution in [2.45, 2.75) is 13.0 Å². The minimum absolute atomic E-state index is 0.307. The summed E-state index contributed by atoms with van der Waals surface area (Å²) in [4.78, 5) is 24.9. The third-order valence-corrected chi connectivity index (χ3v) is 3.60. The van der Waals surface area contributed by atoms with Crippen molar-refractivity contribution in [1.29, 1.82) is 0 Å². The molecule has 0 saturated heterocycles. The smallest absolute Gasteiger partial charge is 0.326 e. The quantitative estimate of drug-likeness (QED) is 0.933. The van der Waals surface area contributed by atoms with Crippen LogP contribution in [0.25, 0.3) is 0 Å². The molecule has 2 aromatic rings. The number of carbonyl (C=O) groups excluding carboxylic acids is 1. The van der Waals surface area contributed by atoms with Gasteiger partial charge in [-0.1, -0.05) is 18.2 Å². The fourth-order valence-electron chi connectivity index (χ4n) is 1.70. The molecule has 5 heteroatoms. The number of anilines is 1. The maximum absolute atomic E-state index is 12.5. The number of hydrogen-bond donors (Lipinski definition) is 1. The molecule has 0 aliphatic heterocycles. The Morgan fingerprint density at radius 3 is 2.37 bits per heavy atom. The standard InChI is InChI=1S/C14H13NO3S/c1-10(14(17)18)15(12-8-5-9-19-12)13(16)11-6-3-2-4-7-11/h2-10H,1H3,(H,17,18). The molecule has 1 N–H and O–H groups in total. The van der Waals surface area contributed by atoms with Crippen LogP contribution in [0.15, 0.2) is 47.8 Å². The SMILES string of the molecule is CC(C(=O)O)N(C(=O)c1ccccc1)c1cccs1. The van der Waals surface area contributed by atoms with Crippen LogP contribution in [0.1, 0.15) is 17.3 Å².